The number of hydrogen-bond donors (Lipinski definition) is 0. The highest BCUT2D eigenvalue weighted by atomic mass is 16.3. The van der Waals surface area contributed by atoms with E-state index in [9.17, 15) is 0 Å². The van der Waals surface area contributed by atoms with Gasteiger partial charge in [0, 0.05) is 27.9 Å². The van der Waals surface area contributed by atoms with Gasteiger partial charge < -0.3 is 9.32 Å². The molecule has 9 rings (SSSR count). The van der Waals surface area contributed by atoms with Crippen molar-refractivity contribution in [3.05, 3.63) is 200 Å². The van der Waals surface area contributed by atoms with Crippen LogP contribution in [0.1, 0.15) is 0 Å². The fourth-order valence-corrected chi connectivity index (χ4v) is 6.92. The number of rotatable bonds is 7. The zero-order valence-corrected chi connectivity index (χ0v) is 27.4. The molecule has 0 aliphatic heterocycles. The molecule has 9 aromatic rings. The minimum atomic E-state index is 0.881. The topological polar surface area (TPSA) is 16.4 Å². The summed E-state index contributed by atoms with van der Waals surface area (Å²) < 4.78 is 6.18. The molecule has 0 unspecified atom stereocenters. The van der Waals surface area contributed by atoms with Crippen molar-refractivity contribution in [2.75, 3.05) is 4.90 Å². The summed E-state index contributed by atoms with van der Waals surface area (Å²) in [6.45, 7) is 0. The van der Waals surface area contributed by atoms with Crippen LogP contribution in [0.25, 0.3) is 66.4 Å². The second-order valence-corrected chi connectivity index (χ2v) is 12.6. The summed E-state index contributed by atoms with van der Waals surface area (Å²) in [4.78, 5) is 2.38. The minimum absolute atomic E-state index is 0.881. The van der Waals surface area contributed by atoms with E-state index in [4.69, 9.17) is 4.42 Å². The maximum atomic E-state index is 6.18. The number of benzene rings is 8. The van der Waals surface area contributed by atoms with E-state index in [1.54, 1.807) is 0 Å². The molecule has 0 N–H and O–H groups in total. The molecular weight excluding hydrogens is 607 g/mol. The summed E-state index contributed by atoms with van der Waals surface area (Å²) in [6, 6.07) is 71.2. The highest BCUT2D eigenvalue weighted by Gasteiger charge is 2.18. The molecule has 50 heavy (non-hydrogen) atoms. The van der Waals surface area contributed by atoms with Gasteiger partial charge in [0.05, 0.1) is 5.69 Å². The predicted molar refractivity (Wildman–Crippen MR) is 210 cm³/mol. The Balaban J connectivity index is 1.11. The average molecular weight is 640 g/mol. The lowest BCUT2D eigenvalue weighted by Crippen LogP contribution is -2.11. The molecule has 0 spiro atoms. The van der Waals surface area contributed by atoms with Crippen LogP contribution in [-0.2, 0) is 0 Å². The molecule has 8 aromatic carbocycles. The first-order valence-corrected chi connectivity index (χ1v) is 17.0. The summed E-state index contributed by atoms with van der Waals surface area (Å²) in [7, 11) is 0. The van der Waals surface area contributed by atoms with Crippen LogP contribution in [0.2, 0.25) is 0 Å². The molecule has 0 atom stereocenters. The largest absolute Gasteiger partial charge is 0.456 e. The number of hydrogen-bond acceptors (Lipinski definition) is 2. The van der Waals surface area contributed by atoms with E-state index < -0.39 is 0 Å². The van der Waals surface area contributed by atoms with Gasteiger partial charge in [0.2, 0.25) is 0 Å². The van der Waals surface area contributed by atoms with E-state index in [-0.39, 0.29) is 0 Å². The minimum Gasteiger partial charge on any atom is -0.456 e. The van der Waals surface area contributed by atoms with Crippen LogP contribution in [0.4, 0.5) is 17.1 Å². The Kier molecular flexibility index (Phi) is 7.53. The van der Waals surface area contributed by atoms with E-state index in [1.807, 2.05) is 18.2 Å². The van der Waals surface area contributed by atoms with Gasteiger partial charge in [-0.1, -0.05) is 146 Å². The first kappa shape index (κ1) is 29.5. The van der Waals surface area contributed by atoms with Crippen molar-refractivity contribution in [1.82, 2.24) is 0 Å². The van der Waals surface area contributed by atoms with Crippen LogP contribution in [0.3, 0.4) is 0 Å². The van der Waals surface area contributed by atoms with Gasteiger partial charge in [-0.05, 0) is 93.2 Å². The Morgan fingerprint density at radius 2 is 0.900 bits per heavy atom. The molecule has 0 bridgehead atoms. The van der Waals surface area contributed by atoms with E-state index in [2.05, 4.69) is 187 Å². The zero-order valence-electron chi connectivity index (χ0n) is 27.4. The van der Waals surface area contributed by atoms with Crippen molar-refractivity contribution in [3.8, 4) is 44.7 Å². The second-order valence-electron chi connectivity index (χ2n) is 12.6. The van der Waals surface area contributed by atoms with Gasteiger partial charge in [-0.3, -0.25) is 0 Å². The maximum absolute atomic E-state index is 6.18. The molecule has 0 fully saturated rings. The maximum Gasteiger partial charge on any atom is 0.135 e. The number of fused-ring (bicyclic) bond motifs is 2. The molecule has 2 nitrogen and oxygen atoms in total. The Hall–Kier alpha value is -6.64. The van der Waals surface area contributed by atoms with E-state index >= 15 is 0 Å². The van der Waals surface area contributed by atoms with Gasteiger partial charge in [-0.15, -0.1) is 0 Å². The summed E-state index contributed by atoms with van der Waals surface area (Å²) in [5.41, 5.74) is 12.4. The molecule has 0 aliphatic carbocycles. The number of furan rings is 1. The lowest BCUT2D eigenvalue weighted by atomic mass is 9.98. The van der Waals surface area contributed by atoms with Crippen LogP contribution >= 0.6 is 0 Å². The lowest BCUT2D eigenvalue weighted by Gasteiger charge is -2.28. The van der Waals surface area contributed by atoms with Crippen molar-refractivity contribution < 1.29 is 4.42 Å². The predicted octanol–water partition coefficient (Wildman–Crippen LogP) is 13.7. The molecule has 2 heteroatoms. The third kappa shape index (κ3) is 5.63. The second kappa shape index (κ2) is 12.8. The first-order valence-electron chi connectivity index (χ1n) is 17.0. The Bertz CT molecular complexity index is 2550. The average Bonchev–Trinajstić information content (AvgIpc) is 3.64. The van der Waals surface area contributed by atoms with E-state index in [0.717, 1.165) is 44.9 Å². The van der Waals surface area contributed by atoms with Gasteiger partial charge in [0.15, 0.2) is 0 Å². The molecule has 0 radical (unpaired) electrons. The Labute approximate surface area is 292 Å². The van der Waals surface area contributed by atoms with Gasteiger partial charge in [-0.2, -0.15) is 0 Å². The quantitative estimate of drug-likeness (QED) is 0.173. The molecular formula is C48H33NO. The van der Waals surface area contributed by atoms with Crippen LogP contribution < -0.4 is 4.90 Å². The number of para-hydroxylation sites is 2. The molecule has 236 valence electrons. The molecule has 1 aromatic heterocycles. The molecule has 0 saturated heterocycles. The molecule has 0 amide bonds. The fraction of sp³-hybridized carbons (Fsp3) is 0. The van der Waals surface area contributed by atoms with Gasteiger partial charge in [0.25, 0.3) is 0 Å². The summed E-state index contributed by atoms with van der Waals surface area (Å²) in [5.74, 6) is 0.881. The monoisotopic (exact) mass is 639 g/mol. The van der Waals surface area contributed by atoms with Crippen LogP contribution in [0.5, 0.6) is 0 Å². The molecule has 0 aliphatic rings. The van der Waals surface area contributed by atoms with Crippen LogP contribution in [0, 0.1) is 0 Å². The van der Waals surface area contributed by atoms with Crippen LogP contribution in [0.15, 0.2) is 205 Å². The zero-order chi connectivity index (χ0) is 33.3. The van der Waals surface area contributed by atoms with Crippen molar-refractivity contribution in [3.63, 3.8) is 0 Å². The summed E-state index contributed by atoms with van der Waals surface area (Å²) in [5, 5.41) is 3.49. The van der Waals surface area contributed by atoms with Crippen LogP contribution in [-0.4, -0.2) is 0 Å². The van der Waals surface area contributed by atoms with Gasteiger partial charge in [-0.25, -0.2) is 0 Å². The van der Waals surface area contributed by atoms with Crippen molar-refractivity contribution in [2.24, 2.45) is 0 Å². The SMILES string of the molecule is c1ccc(-c2ccc(N(c3ccc4cc(-c5cccc(-c6cc7ccccc7o6)c5)ccc4c3)c3ccccc3-c3ccccc3)cc2)cc1. The van der Waals surface area contributed by atoms with E-state index in [1.165, 1.54) is 38.6 Å². The summed E-state index contributed by atoms with van der Waals surface area (Å²) >= 11 is 0. The molecule has 0 saturated carbocycles. The first-order chi connectivity index (χ1) is 24.8. The Morgan fingerprint density at radius 3 is 1.72 bits per heavy atom. The third-order valence-corrected chi connectivity index (χ3v) is 9.45. The highest BCUT2D eigenvalue weighted by molar-refractivity contribution is 5.95. The normalized spacial score (nSPS) is 11.2. The fourth-order valence-electron chi connectivity index (χ4n) is 6.92. The third-order valence-electron chi connectivity index (χ3n) is 9.45. The standard InChI is InChI=1S/C48H33NO/c1-3-12-34(13-4-1)35-24-27-43(28-25-35)49(46-20-9-8-19-45(46)36-14-5-2-6-15-36)44-29-26-39-30-38(22-23-40(39)32-44)37-17-11-18-41(31-37)48-33-42-16-7-10-21-47(42)50-48/h1-33H. The van der Waals surface area contributed by atoms with Crippen molar-refractivity contribution in [1.29, 1.82) is 0 Å². The van der Waals surface area contributed by atoms with Crippen molar-refractivity contribution >= 4 is 38.8 Å². The smallest absolute Gasteiger partial charge is 0.135 e. The number of anilines is 3. The summed E-state index contributed by atoms with van der Waals surface area (Å²) in [6.07, 6.45) is 0. The number of nitrogens with zero attached hydrogens (tertiary/aromatic N) is 1. The Morgan fingerprint density at radius 1 is 0.320 bits per heavy atom. The lowest BCUT2D eigenvalue weighted by molar-refractivity contribution is 0.631. The van der Waals surface area contributed by atoms with Gasteiger partial charge >= 0.3 is 0 Å². The highest BCUT2D eigenvalue weighted by Crippen LogP contribution is 2.42. The molecule has 1 heterocycles. The van der Waals surface area contributed by atoms with Gasteiger partial charge in [0.1, 0.15) is 11.3 Å². The van der Waals surface area contributed by atoms with E-state index in [0.29, 0.717) is 0 Å². The van der Waals surface area contributed by atoms with Crippen molar-refractivity contribution in [2.45, 2.75) is 0 Å².